The second-order valence-corrected chi connectivity index (χ2v) is 10.4. The number of hydrogen-bond donors (Lipinski definition) is 0. The molecule has 5 nitrogen and oxygen atoms in total. The van der Waals surface area contributed by atoms with Gasteiger partial charge in [0.15, 0.2) is 15.0 Å². The lowest BCUT2D eigenvalue weighted by Crippen LogP contribution is -2.38. The van der Waals surface area contributed by atoms with Crippen LogP contribution in [0, 0.1) is 5.92 Å². The summed E-state index contributed by atoms with van der Waals surface area (Å²) in [6, 6.07) is 4.69. The maximum Gasteiger partial charge on any atom is 0.250 e. The van der Waals surface area contributed by atoms with Crippen molar-refractivity contribution in [3.05, 3.63) is 28.2 Å². The topological polar surface area (TPSA) is 66.8 Å². The quantitative estimate of drug-likeness (QED) is 0.753. The van der Waals surface area contributed by atoms with Crippen LogP contribution in [0.5, 0.6) is 0 Å². The number of carbonyl (C=O) groups excluding carboxylic acids is 1. The van der Waals surface area contributed by atoms with Crippen molar-refractivity contribution in [2.24, 2.45) is 10.9 Å². The zero-order chi connectivity index (χ0) is 17.6. The fourth-order valence-corrected chi connectivity index (χ4v) is 7.03. The van der Waals surface area contributed by atoms with E-state index in [1.807, 2.05) is 0 Å². The second-order valence-electron chi connectivity index (χ2n) is 6.15. The Balaban J connectivity index is 2.08. The van der Waals surface area contributed by atoms with Crippen molar-refractivity contribution in [1.82, 2.24) is 0 Å². The molecule has 2 heterocycles. The van der Waals surface area contributed by atoms with E-state index in [2.05, 4.69) is 4.99 Å². The first kappa shape index (κ1) is 18.0. The number of nitrogens with zero attached hydrogens (tertiary/aromatic N) is 2. The average Bonchev–Trinajstić information content (AvgIpc) is 2.92. The molecule has 2 aliphatic heterocycles. The number of sulfone groups is 1. The van der Waals surface area contributed by atoms with Crippen LogP contribution in [-0.2, 0) is 14.6 Å². The number of fused-ring (bicyclic) bond motifs is 1. The van der Waals surface area contributed by atoms with Crippen LogP contribution in [0.3, 0.4) is 0 Å². The summed E-state index contributed by atoms with van der Waals surface area (Å²) in [5.74, 6) is -0.392. The van der Waals surface area contributed by atoms with Gasteiger partial charge < -0.3 is 4.90 Å². The smallest absolute Gasteiger partial charge is 0.250 e. The third-order valence-corrected chi connectivity index (χ3v) is 7.70. The molecule has 24 heavy (non-hydrogen) atoms. The van der Waals surface area contributed by atoms with Crippen molar-refractivity contribution >= 4 is 61.6 Å². The number of halogens is 2. The van der Waals surface area contributed by atoms with Gasteiger partial charge in [-0.1, -0.05) is 48.8 Å². The lowest BCUT2D eigenvalue weighted by molar-refractivity contribution is -0.120. The van der Waals surface area contributed by atoms with Crippen molar-refractivity contribution in [2.75, 3.05) is 16.4 Å². The highest BCUT2D eigenvalue weighted by Gasteiger charge is 2.49. The molecule has 2 fully saturated rings. The van der Waals surface area contributed by atoms with Gasteiger partial charge in [0.25, 0.3) is 5.91 Å². The summed E-state index contributed by atoms with van der Waals surface area (Å²) in [6.07, 6.45) is 0. The molecule has 0 N–H and O–H groups in total. The predicted octanol–water partition coefficient (Wildman–Crippen LogP) is 3.25. The van der Waals surface area contributed by atoms with E-state index >= 15 is 0 Å². The van der Waals surface area contributed by atoms with Crippen LogP contribution in [0.2, 0.25) is 10.0 Å². The average molecular weight is 407 g/mol. The van der Waals surface area contributed by atoms with Gasteiger partial charge in [-0.25, -0.2) is 8.42 Å². The highest BCUT2D eigenvalue weighted by Crippen LogP contribution is 2.43. The Morgan fingerprint density at radius 1 is 1.33 bits per heavy atom. The minimum atomic E-state index is -3.12. The molecular weight excluding hydrogens is 391 g/mol. The van der Waals surface area contributed by atoms with E-state index in [1.54, 1.807) is 36.9 Å². The van der Waals surface area contributed by atoms with Gasteiger partial charge in [-0.05, 0) is 18.2 Å². The molecule has 2 unspecified atom stereocenters. The van der Waals surface area contributed by atoms with E-state index in [9.17, 15) is 13.2 Å². The van der Waals surface area contributed by atoms with Crippen molar-refractivity contribution in [2.45, 2.75) is 25.1 Å². The van der Waals surface area contributed by atoms with Crippen molar-refractivity contribution in [1.29, 1.82) is 0 Å². The number of amidine groups is 1. The van der Waals surface area contributed by atoms with Gasteiger partial charge in [-0.2, -0.15) is 4.99 Å². The van der Waals surface area contributed by atoms with Gasteiger partial charge in [-0.15, -0.1) is 0 Å². The molecule has 3 rings (SSSR count). The summed E-state index contributed by atoms with van der Waals surface area (Å²) in [7, 11) is -3.12. The fourth-order valence-electron chi connectivity index (χ4n) is 2.74. The molecule has 0 aliphatic carbocycles. The zero-order valence-electron chi connectivity index (χ0n) is 13.1. The molecule has 0 radical (unpaired) electrons. The molecule has 9 heteroatoms. The van der Waals surface area contributed by atoms with Crippen LogP contribution in [0.4, 0.5) is 5.69 Å². The standard InChI is InChI=1S/C15H16Cl2N2O3S2/c1-8(2)14(20)18-15-19(11-5-9(16)3-4-10(11)17)12-6-24(21,22)7-13(12)23-15/h3-5,8,12-13H,6-7H2,1-2H3. The number of aliphatic imine (C=N–C) groups is 1. The van der Waals surface area contributed by atoms with Gasteiger partial charge in [0.2, 0.25) is 0 Å². The van der Waals surface area contributed by atoms with E-state index in [1.165, 1.54) is 11.8 Å². The van der Waals surface area contributed by atoms with Gasteiger partial charge in [0, 0.05) is 16.2 Å². The maximum absolute atomic E-state index is 12.1. The molecular formula is C15H16Cl2N2O3S2. The second kappa shape index (κ2) is 6.52. The first-order chi connectivity index (χ1) is 11.2. The SMILES string of the molecule is CC(C)C(=O)N=C1SC2CS(=O)(=O)CC2N1c1cc(Cl)ccc1Cl. The Hall–Kier alpha value is -0.760. The Kier molecular flexibility index (Phi) is 4.90. The molecule has 0 saturated carbocycles. The molecule has 0 aromatic heterocycles. The first-order valence-electron chi connectivity index (χ1n) is 7.42. The molecule has 2 aliphatic rings. The highest BCUT2D eigenvalue weighted by atomic mass is 35.5. The van der Waals surface area contributed by atoms with Crippen molar-refractivity contribution in [3.63, 3.8) is 0 Å². The number of hydrogen-bond acceptors (Lipinski definition) is 4. The summed E-state index contributed by atoms with van der Waals surface area (Å²) >= 11 is 13.7. The molecule has 130 valence electrons. The summed E-state index contributed by atoms with van der Waals surface area (Å²) in [5.41, 5.74) is 0.580. The molecule has 2 atom stereocenters. The Morgan fingerprint density at radius 2 is 2.04 bits per heavy atom. The largest absolute Gasteiger partial charge is 0.314 e. The van der Waals surface area contributed by atoms with E-state index in [4.69, 9.17) is 23.2 Å². The third kappa shape index (κ3) is 3.45. The minimum Gasteiger partial charge on any atom is -0.314 e. The first-order valence-corrected chi connectivity index (χ1v) is 10.9. The van der Waals surface area contributed by atoms with Gasteiger partial charge >= 0.3 is 0 Å². The van der Waals surface area contributed by atoms with Crippen molar-refractivity contribution < 1.29 is 13.2 Å². The van der Waals surface area contributed by atoms with Gasteiger partial charge in [0.05, 0.1) is 28.3 Å². The van der Waals surface area contributed by atoms with Crippen LogP contribution in [0.25, 0.3) is 0 Å². The molecule has 2 saturated heterocycles. The van der Waals surface area contributed by atoms with E-state index in [0.717, 1.165) is 0 Å². The highest BCUT2D eigenvalue weighted by molar-refractivity contribution is 8.16. The number of amides is 1. The van der Waals surface area contributed by atoms with Crippen LogP contribution in [0.1, 0.15) is 13.8 Å². The number of rotatable bonds is 2. The Bertz CT molecular complexity index is 824. The molecule has 1 aromatic carbocycles. The third-order valence-electron chi connectivity index (χ3n) is 3.93. The number of carbonyl (C=O) groups is 1. The lowest BCUT2D eigenvalue weighted by atomic mass is 10.2. The molecule has 0 bridgehead atoms. The lowest BCUT2D eigenvalue weighted by Gasteiger charge is -2.25. The predicted molar refractivity (Wildman–Crippen MR) is 100 cm³/mol. The number of benzene rings is 1. The van der Waals surface area contributed by atoms with E-state index in [-0.39, 0.29) is 34.6 Å². The Labute approximate surface area is 155 Å². The fraction of sp³-hybridized carbons (Fsp3) is 0.467. The van der Waals surface area contributed by atoms with Crippen LogP contribution < -0.4 is 4.90 Å². The molecule has 0 spiro atoms. The van der Waals surface area contributed by atoms with Crippen molar-refractivity contribution in [3.8, 4) is 0 Å². The van der Waals surface area contributed by atoms with E-state index < -0.39 is 9.84 Å². The van der Waals surface area contributed by atoms with Crippen LogP contribution in [-0.4, -0.2) is 42.3 Å². The van der Waals surface area contributed by atoms with Gasteiger partial charge in [-0.3, -0.25) is 4.79 Å². The van der Waals surface area contributed by atoms with Crippen LogP contribution >= 0.6 is 35.0 Å². The van der Waals surface area contributed by atoms with E-state index in [0.29, 0.717) is 20.9 Å². The number of anilines is 1. The van der Waals surface area contributed by atoms with Crippen LogP contribution in [0.15, 0.2) is 23.2 Å². The summed E-state index contributed by atoms with van der Waals surface area (Å²) in [6.45, 7) is 3.54. The number of thioether (sulfide) groups is 1. The normalized spacial score (nSPS) is 27.0. The molecule has 1 amide bonds. The zero-order valence-corrected chi connectivity index (χ0v) is 16.2. The maximum atomic E-state index is 12.1. The minimum absolute atomic E-state index is 0.0163. The van der Waals surface area contributed by atoms with Gasteiger partial charge in [0.1, 0.15) is 0 Å². The summed E-state index contributed by atoms with van der Waals surface area (Å²) in [5, 5.41) is 1.25. The molecule has 1 aromatic rings. The Morgan fingerprint density at radius 3 is 2.71 bits per heavy atom. The summed E-state index contributed by atoms with van der Waals surface area (Å²) in [4.78, 5) is 18.0. The summed E-state index contributed by atoms with van der Waals surface area (Å²) < 4.78 is 24.0. The monoisotopic (exact) mass is 406 g/mol.